The molecule has 13 nitrogen and oxygen atoms in total. The lowest BCUT2D eigenvalue weighted by Crippen LogP contribution is -2.27. The first kappa shape index (κ1) is 38.1. The third-order valence-corrected chi connectivity index (χ3v) is 8.79. The third kappa shape index (κ3) is 9.19. The van der Waals surface area contributed by atoms with Gasteiger partial charge in [-0.1, -0.05) is 24.3 Å². The van der Waals surface area contributed by atoms with Crippen molar-refractivity contribution in [1.29, 1.82) is 0 Å². The molecule has 1 aliphatic rings. The molecular weight excluding hydrogens is 688 g/mol. The average Bonchev–Trinajstić information content (AvgIpc) is 3.54. The Hall–Kier alpha value is -6.18. The van der Waals surface area contributed by atoms with Crippen molar-refractivity contribution in [1.82, 2.24) is 0 Å². The zero-order chi connectivity index (χ0) is 38.1. The van der Waals surface area contributed by atoms with E-state index in [0.717, 1.165) is 0 Å². The van der Waals surface area contributed by atoms with E-state index < -0.39 is 42.6 Å². The normalized spacial score (nSPS) is 18.3. The maximum absolute atomic E-state index is 13.0. The maximum Gasteiger partial charge on any atom is 0.330 e. The molecule has 13 heteroatoms. The van der Waals surface area contributed by atoms with Crippen molar-refractivity contribution < 1.29 is 63.5 Å². The van der Waals surface area contributed by atoms with Crippen LogP contribution in [0.4, 0.5) is 0 Å². The maximum atomic E-state index is 13.0. The summed E-state index contributed by atoms with van der Waals surface area (Å²) in [5, 5.41) is 50.5. The van der Waals surface area contributed by atoms with Crippen LogP contribution < -0.4 is 14.2 Å². The number of carbonyl (C=O) groups excluding carboxylic acids is 2. The van der Waals surface area contributed by atoms with Gasteiger partial charge >= 0.3 is 11.9 Å². The Morgan fingerprint density at radius 3 is 1.42 bits per heavy atom. The van der Waals surface area contributed by atoms with Crippen molar-refractivity contribution in [2.24, 2.45) is 11.8 Å². The van der Waals surface area contributed by atoms with Crippen molar-refractivity contribution in [2.45, 2.75) is 18.8 Å². The lowest BCUT2D eigenvalue weighted by Gasteiger charge is -2.24. The fourth-order valence-corrected chi connectivity index (χ4v) is 6.04. The van der Waals surface area contributed by atoms with Gasteiger partial charge in [0.2, 0.25) is 5.75 Å². The van der Waals surface area contributed by atoms with Crippen LogP contribution in [-0.2, 0) is 30.4 Å². The summed E-state index contributed by atoms with van der Waals surface area (Å²) in [5.74, 6) is -2.84. The molecule has 0 amide bonds. The molecule has 0 unspecified atom stereocenters. The van der Waals surface area contributed by atoms with Gasteiger partial charge in [-0.05, 0) is 82.9 Å². The number of aromatic hydroxyl groups is 4. The van der Waals surface area contributed by atoms with Gasteiger partial charge in [0.25, 0.3) is 0 Å². The molecule has 0 aliphatic carbocycles. The van der Waals surface area contributed by atoms with E-state index in [9.17, 15) is 35.1 Å². The largest absolute Gasteiger partial charge is 0.508 e. The number of hydrogen-bond donors (Lipinski definition) is 5. The fraction of sp³-hybridized carbons (Fsp3) is 0.250. The predicted octanol–water partition coefficient (Wildman–Crippen LogP) is 5.59. The minimum atomic E-state index is -0.879. The van der Waals surface area contributed by atoms with Crippen LogP contribution in [0.25, 0.3) is 12.2 Å². The van der Waals surface area contributed by atoms with Gasteiger partial charge in [0.1, 0.15) is 11.5 Å². The second kappa shape index (κ2) is 17.4. The van der Waals surface area contributed by atoms with Crippen LogP contribution in [0.3, 0.4) is 0 Å². The predicted molar refractivity (Wildman–Crippen MR) is 192 cm³/mol. The zero-order valence-corrected chi connectivity index (χ0v) is 29.2. The van der Waals surface area contributed by atoms with Gasteiger partial charge in [0, 0.05) is 29.6 Å². The highest BCUT2D eigenvalue weighted by atomic mass is 16.6. The van der Waals surface area contributed by atoms with E-state index in [1.165, 1.54) is 69.9 Å². The van der Waals surface area contributed by atoms with Gasteiger partial charge in [-0.3, -0.25) is 0 Å². The molecule has 5 rings (SSSR count). The van der Waals surface area contributed by atoms with Crippen LogP contribution in [0.15, 0.2) is 84.9 Å². The van der Waals surface area contributed by atoms with Gasteiger partial charge < -0.3 is 54.0 Å². The Balaban J connectivity index is 1.53. The second-order valence-corrected chi connectivity index (χ2v) is 12.1. The molecule has 4 aromatic rings. The minimum absolute atomic E-state index is 0.0708. The van der Waals surface area contributed by atoms with Crippen LogP contribution in [0.2, 0.25) is 0 Å². The highest BCUT2D eigenvalue weighted by molar-refractivity contribution is 5.87. The summed E-state index contributed by atoms with van der Waals surface area (Å²) in [6.07, 6.45) is 3.79. The van der Waals surface area contributed by atoms with Crippen molar-refractivity contribution in [3.63, 3.8) is 0 Å². The molecule has 53 heavy (non-hydrogen) atoms. The summed E-state index contributed by atoms with van der Waals surface area (Å²) < 4.78 is 34.4. The molecule has 0 aromatic heterocycles. The fourth-order valence-electron chi connectivity index (χ4n) is 6.04. The second-order valence-electron chi connectivity index (χ2n) is 12.1. The van der Waals surface area contributed by atoms with E-state index in [1.807, 2.05) is 0 Å². The third-order valence-electron chi connectivity index (χ3n) is 8.79. The molecule has 278 valence electrons. The number of hydrogen-bond acceptors (Lipinski definition) is 13. The number of phenolic OH excluding ortho intramolecular Hbond substituents is 3. The van der Waals surface area contributed by atoms with Crippen molar-refractivity contribution >= 4 is 24.1 Å². The van der Waals surface area contributed by atoms with E-state index >= 15 is 0 Å². The number of carbonyl (C=O) groups is 2. The molecule has 1 saturated heterocycles. The molecule has 1 fully saturated rings. The first-order valence-corrected chi connectivity index (χ1v) is 16.4. The van der Waals surface area contributed by atoms with Gasteiger partial charge in [0.15, 0.2) is 23.0 Å². The Bertz CT molecular complexity index is 1760. The Morgan fingerprint density at radius 2 is 1.02 bits per heavy atom. The smallest absolute Gasteiger partial charge is 0.330 e. The SMILES string of the molecule is COc1cc([C@@H]2O[C@@H](c3cc(OC)c(O)c(OC)c3)[C@H](COC(=O)/C=C/c3ccc(O)cc3)[C@H]2COC(=O)/C=C/c2ccc(O)cc2)cc(CO)c1O. The average molecular weight is 729 g/mol. The first-order chi connectivity index (χ1) is 25.5. The summed E-state index contributed by atoms with van der Waals surface area (Å²) in [5.41, 5.74) is 2.41. The van der Waals surface area contributed by atoms with E-state index in [2.05, 4.69) is 0 Å². The summed E-state index contributed by atoms with van der Waals surface area (Å²) >= 11 is 0. The Morgan fingerprint density at radius 1 is 0.623 bits per heavy atom. The molecule has 1 aliphatic heterocycles. The van der Waals surface area contributed by atoms with E-state index in [-0.39, 0.29) is 59.0 Å². The summed E-state index contributed by atoms with van der Waals surface area (Å²) in [6, 6.07) is 18.7. The number of benzene rings is 4. The number of methoxy groups -OCH3 is 3. The molecule has 0 radical (unpaired) electrons. The Labute approximate surface area is 305 Å². The van der Waals surface area contributed by atoms with Crippen molar-refractivity contribution in [3.8, 4) is 40.2 Å². The number of aliphatic hydroxyl groups excluding tert-OH is 1. The highest BCUT2D eigenvalue weighted by Gasteiger charge is 2.48. The van der Waals surface area contributed by atoms with Crippen LogP contribution in [0.1, 0.15) is 40.0 Å². The molecule has 4 aromatic carbocycles. The van der Waals surface area contributed by atoms with Crippen molar-refractivity contribution in [2.75, 3.05) is 34.5 Å². The summed E-state index contributed by atoms with van der Waals surface area (Å²) in [6.45, 7) is -0.969. The standard InChI is InChI=1S/C40H40O13/c1-48-32-17-25(16-27(20-41)37(32)46)39-30(21-51-35(44)14-8-23-4-10-28(42)11-5-23)31(22-52-36(45)15-9-24-6-12-29(43)13-7-24)40(53-39)26-18-33(49-2)38(47)34(19-26)50-3/h4-19,30-31,39-43,46-47H,20-22H2,1-3H3/b14-8+,15-9+/t30-,31-,39+,40+/m1/s1. The van der Waals surface area contributed by atoms with Crippen LogP contribution >= 0.6 is 0 Å². The lowest BCUT2D eigenvalue weighted by molar-refractivity contribution is -0.143. The molecule has 1 heterocycles. The number of phenols is 4. The van der Waals surface area contributed by atoms with Crippen LogP contribution in [0, 0.1) is 11.8 Å². The number of esters is 2. The molecule has 0 saturated carbocycles. The van der Waals surface area contributed by atoms with Gasteiger partial charge in [-0.15, -0.1) is 0 Å². The summed E-state index contributed by atoms with van der Waals surface area (Å²) in [7, 11) is 4.12. The molecule has 0 bridgehead atoms. The van der Waals surface area contributed by atoms with Gasteiger partial charge in [-0.25, -0.2) is 9.59 Å². The molecule has 4 atom stereocenters. The number of rotatable bonds is 14. The zero-order valence-electron chi connectivity index (χ0n) is 29.2. The molecular formula is C40H40O13. The molecule has 5 N–H and O–H groups in total. The monoisotopic (exact) mass is 728 g/mol. The Kier molecular flexibility index (Phi) is 12.5. The lowest BCUT2D eigenvalue weighted by atomic mass is 9.83. The van der Waals surface area contributed by atoms with E-state index in [1.54, 1.807) is 48.5 Å². The van der Waals surface area contributed by atoms with Gasteiger partial charge in [-0.2, -0.15) is 0 Å². The van der Waals surface area contributed by atoms with Crippen LogP contribution in [-0.4, -0.2) is 72.0 Å². The highest BCUT2D eigenvalue weighted by Crippen LogP contribution is 2.53. The molecule has 0 spiro atoms. The topological polar surface area (TPSA) is 191 Å². The van der Waals surface area contributed by atoms with Crippen molar-refractivity contribution in [3.05, 3.63) is 113 Å². The number of aliphatic hydroxyl groups is 1. The first-order valence-electron chi connectivity index (χ1n) is 16.4. The number of ether oxygens (including phenoxy) is 6. The van der Waals surface area contributed by atoms with E-state index in [4.69, 9.17) is 28.4 Å². The summed E-state index contributed by atoms with van der Waals surface area (Å²) in [4.78, 5) is 26.1. The van der Waals surface area contributed by atoms with Gasteiger partial charge in [0.05, 0.1) is 53.4 Å². The van der Waals surface area contributed by atoms with Crippen LogP contribution in [0.5, 0.6) is 40.2 Å². The van der Waals surface area contributed by atoms with E-state index in [0.29, 0.717) is 22.3 Å². The minimum Gasteiger partial charge on any atom is -0.508 e. The quantitative estimate of drug-likeness (QED) is 0.0799.